The van der Waals surface area contributed by atoms with Gasteiger partial charge in [0.25, 0.3) is 0 Å². The minimum Gasteiger partial charge on any atom is -0.493 e. The predicted octanol–water partition coefficient (Wildman–Crippen LogP) is 2.71. The van der Waals surface area contributed by atoms with Crippen molar-refractivity contribution in [3.05, 3.63) is 53.1 Å². The number of amides is 2. The van der Waals surface area contributed by atoms with E-state index in [1.54, 1.807) is 11.8 Å². The van der Waals surface area contributed by atoms with Crippen LogP contribution in [0.2, 0.25) is 0 Å². The number of ether oxygens (including phenoxy) is 1. The lowest BCUT2D eigenvalue weighted by molar-refractivity contribution is -0.117. The normalized spacial score (nSPS) is 14.7. The Labute approximate surface area is 146 Å². The second kappa shape index (κ2) is 6.24. The maximum absolute atomic E-state index is 12.3. The Bertz CT molecular complexity index is 860. The fraction of sp³-hybridized carbons (Fsp3) is 0.300. The molecule has 2 amide bonds. The molecule has 2 aliphatic heterocycles. The van der Waals surface area contributed by atoms with Crippen LogP contribution in [0.4, 0.5) is 11.4 Å². The zero-order chi connectivity index (χ0) is 17.4. The van der Waals surface area contributed by atoms with Gasteiger partial charge in [-0.1, -0.05) is 12.1 Å². The molecule has 0 aromatic heterocycles. The highest BCUT2D eigenvalue weighted by atomic mass is 16.5. The van der Waals surface area contributed by atoms with E-state index in [1.807, 2.05) is 30.3 Å². The summed E-state index contributed by atoms with van der Waals surface area (Å²) in [4.78, 5) is 25.7. The average Bonchev–Trinajstić information content (AvgIpc) is 3.20. The Balaban J connectivity index is 1.44. The van der Waals surface area contributed by atoms with Crippen LogP contribution in [0.1, 0.15) is 23.6 Å². The van der Waals surface area contributed by atoms with Gasteiger partial charge in [0.1, 0.15) is 5.75 Å². The van der Waals surface area contributed by atoms with Crippen LogP contribution in [0.5, 0.6) is 5.75 Å². The summed E-state index contributed by atoms with van der Waals surface area (Å²) in [6.07, 6.45) is 2.07. The summed E-state index contributed by atoms with van der Waals surface area (Å²) in [6, 6.07) is 11.7. The van der Waals surface area contributed by atoms with Gasteiger partial charge in [0, 0.05) is 31.3 Å². The predicted molar refractivity (Wildman–Crippen MR) is 96.1 cm³/mol. The number of carbonyl (C=O) groups excluding carboxylic acids is 2. The molecule has 0 spiro atoms. The maximum Gasteiger partial charge on any atom is 0.228 e. The molecule has 2 aromatic rings. The largest absolute Gasteiger partial charge is 0.493 e. The van der Waals surface area contributed by atoms with Gasteiger partial charge in [-0.25, -0.2) is 0 Å². The quantitative estimate of drug-likeness (QED) is 0.937. The Hall–Kier alpha value is -2.82. The van der Waals surface area contributed by atoms with Crippen molar-refractivity contribution in [3.63, 3.8) is 0 Å². The highest BCUT2D eigenvalue weighted by Gasteiger charge is 2.22. The molecular weight excluding hydrogens is 316 g/mol. The van der Waals surface area contributed by atoms with E-state index in [0.29, 0.717) is 13.0 Å². The summed E-state index contributed by atoms with van der Waals surface area (Å²) >= 11 is 0. The van der Waals surface area contributed by atoms with E-state index >= 15 is 0 Å². The van der Waals surface area contributed by atoms with Gasteiger partial charge >= 0.3 is 0 Å². The highest BCUT2D eigenvalue weighted by Crippen LogP contribution is 2.30. The molecule has 2 aliphatic rings. The third kappa shape index (κ3) is 3.09. The summed E-state index contributed by atoms with van der Waals surface area (Å²) in [6.45, 7) is 3.00. The van der Waals surface area contributed by atoms with E-state index in [4.69, 9.17) is 4.74 Å². The first-order valence-electron chi connectivity index (χ1n) is 8.55. The van der Waals surface area contributed by atoms with Gasteiger partial charge in [-0.2, -0.15) is 0 Å². The van der Waals surface area contributed by atoms with E-state index in [0.717, 1.165) is 47.7 Å². The third-order valence-electron chi connectivity index (χ3n) is 4.76. The van der Waals surface area contributed by atoms with Gasteiger partial charge in [-0.15, -0.1) is 0 Å². The smallest absolute Gasteiger partial charge is 0.228 e. The fourth-order valence-electron chi connectivity index (χ4n) is 3.55. The minimum absolute atomic E-state index is 0.0414. The minimum atomic E-state index is -0.0414. The summed E-state index contributed by atoms with van der Waals surface area (Å²) in [7, 11) is 0. The molecule has 0 radical (unpaired) electrons. The molecule has 5 nitrogen and oxygen atoms in total. The molecule has 2 aromatic carbocycles. The molecule has 0 atom stereocenters. The number of nitrogens with zero attached hydrogens (tertiary/aromatic N) is 1. The highest BCUT2D eigenvalue weighted by molar-refractivity contribution is 5.96. The molecule has 0 saturated carbocycles. The molecule has 0 saturated heterocycles. The molecule has 0 aliphatic carbocycles. The van der Waals surface area contributed by atoms with Crippen molar-refractivity contribution in [2.24, 2.45) is 0 Å². The van der Waals surface area contributed by atoms with Gasteiger partial charge in [-0.3, -0.25) is 9.59 Å². The molecule has 2 heterocycles. The monoisotopic (exact) mass is 336 g/mol. The molecule has 4 rings (SSSR count). The second-order valence-electron chi connectivity index (χ2n) is 6.53. The summed E-state index contributed by atoms with van der Waals surface area (Å²) < 4.78 is 5.49. The van der Waals surface area contributed by atoms with Crippen molar-refractivity contribution in [2.45, 2.75) is 26.2 Å². The van der Waals surface area contributed by atoms with Crippen molar-refractivity contribution < 1.29 is 14.3 Å². The van der Waals surface area contributed by atoms with Crippen molar-refractivity contribution in [3.8, 4) is 5.75 Å². The van der Waals surface area contributed by atoms with Crippen molar-refractivity contribution >= 4 is 23.2 Å². The SMILES string of the molecule is CC(=O)N1CCc2cc(NC(=O)Cc3ccc4c(c3)CCO4)ccc21. The first-order valence-corrected chi connectivity index (χ1v) is 8.55. The van der Waals surface area contributed by atoms with Crippen LogP contribution in [0.3, 0.4) is 0 Å². The summed E-state index contributed by atoms with van der Waals surface area (Å²) in [5.74, 6) is 0.939. The molecule has 0 fully saturated rings. The number of rotatable bonds is 3. The molecule has 5 heteroatoms. The van der Waals surface area contributed by atoms with Gasteiger partial charge < -0.3 is 15.0 Å². The number of benzene rings is 2. The molecule has 1 N–H and O–H groups in total. The van der Waals surface area contributed by atoms with Gasteiger partial charge in [0.15, 0.2) is 0 Å². The molecule has 0 unspecified atom stereocenters. The number of carbonyl (C=O) groups is 2. The van der Waals surface area contributed by atoms with E-state index in [2.05, 4.69) is 11.4 Å². The molecule has 0 bridgehead atoms. The van der Waals surface area contributed by atoms with Crippen LogP contribution in [0, 0.1) is 0 Å². The summed E-state index contributed by atoms with van der Waals surface area (Å²) in [5, 5.41) is 2.96. The fourth-order valence-corrected chi connectivity index (χ4v) is 3.55. The first-order chi connectivity index (χ1) is 12.1. The number of nitrogens with one attached hydrogen (secondary N) is 1. The number of hydrogen-bond acceptors (Lipinski definition) is 3. The van der Waals surface area contributed by atoms with Crippen LogP contribution in [-0.2, 0) is 28.9 Å². The summed E-state index contributed by atoms with van der Waals surface area (Å²) in [5.41, 5.74) is 4.99. The first kappa shape index (κ1) is 15.7. The Morgan fingerprint density at radius 2 is 2.00 bits per heavy atom. The maximum atomic E-state index is 12.3. The van der Waals surface area contributed by atoms with Crippen molar-refractivity contribution in [2.75, 3.05) is 23.4 Å². The lowest BCUT2D eigenvalue weighted by Gasteiger charge is -2.15. The topological polar surface area (TPSA) is 58.6 Å². The van der Waals surface area contributed by atoms with E-state index in [1.165, 1.54) is 5.56 Å². The zero-order valence-electron chi connectivity index (χ0n) is 14.2. The molecule has 25 heavy (non-hydrogen) atoms. The van der Waals surface area contributed by atoms with Crippen LogP contribution < -0.4 is 15.0 Å². The zero-order valence-corrected chi connectivity index (χ0v) is 14.2. The van der Waals surface area contributed by atoms with Crippen LogP contribution >= 0.6 is 0 Å². The lowest BCUT2D eigenvalue weighted by atomic mass is 10.1. The third-order valence-corrected chi connectivity index (χ3v) is 4.76. The number of anilines is 2. The van der Waals surface area contributed by atoms with Crippen LogP contribution in [-0.4, -0.2) is 25.0 Å². The Morgan fingerprint density at radius 3 is 2.84 bits per heavy atom. The number of fused-ring (bicyclic) bond motifs is 2. The van der Waals surface area contributed by atoms with Crippen molar-refractivity contribution in [1.82, 2.24) is 0 Å². The standard InChI is InChI=1S/C20H20N2O3/c1-13(23)22-8-6-15-12-17(3-4-18(15)22)21-20(24)11-14-2-5-19-16(10-14)7-9-25-19/h2-5,10,12H,6-9,11H2,1H3,(H,21,24). The average molecular weight is 336 g/mol. The van der Waals surface area contributed by atoms with E-state index < -0.39 is 0 Å². The van der Waals surface area contributed by atoms with Crippen LogP contribution in [0.25, 0.3) is 0 Å². The lowest BCUT2D eigenvalue weighted by Crippen LogP contribution is -2.25. The van der Waals surface area contributed by atoms with Crippen LogP contribution in [0.15, 0.2) is 36.4 Å². The Morgan fingerprint density at radius 1 is 1.12 bits per heavy atom. The van der Waals surface area contributed by atoms with Gasteiger partial charge in [0.2, 0.25) is 11.8 Å². The van der Waals surface area contributed by atoms with E-state index in [-0.39, 0.29) is 11.8 Å². The molecular formula is C20H20N2O3. The van der Waals surface area contributed by atoms with Crippen molar-refractivity contribution in [1.29, 1.82) is 0 Å². The van der Waals surface area contributed by atoms with Gasteiger partial charge in [-0.05, 0) is 47.4 Å². The number of hydrogen-bond donors (Lipinski definition) is 1. The van der Waals surface area contributed by atoms with E-state index in [9.17, 15) is 9.59 Å². The second-order valence-corrected chi connectivity index (χ2v) is 6.53. The van der Waals surface area contributed by atoms with Gasteiger partial charge in [0.05, 0.1) is 13.0 Å². The molecule has 128 valence electrons. The Kier molecular flexibility index (Phi) is 3.92.